The first kappa shape index (κ1) is 33.9. The van der Waals surface area contributed by atoms with Crippen LogP contribution in [-0.2, 0) is 35.0 Å². The van der Waals surface area contributed by atoms with Crippen LogP contribution >= 0.6 is 0 Å². The molecule has 0 heterocycles. The molecule has 0 radical (unpaired) electrons. The van der Waals surface area contributed by atoms with Crippen LogP contribution in [0.2, 0.25) is 0 Å². The summed E-state index contributed by atoms with van der Waals surface area (Å²) in [5, 5.41) is 0. The minimum absolute atomic E-state index is 0.0669. The highest BCUT2D eigenvalue weighted by molar-refractivity contribution is 5.77. The molecule has 0 unspecified atom stereocenters. The van der Waals surface area contributed by atoms with Crippen LogP contribution in [-0.4, -0.2) is 48.9 Å². The standard InChI is InChI=1S/C29H45NO9/c1-8-15-35-29(34)37-21(7)20(6)36-28(33)23(30)16-22-11-12-24(38-26(31)13-9-18(2)3)25(17-22)39-27(32)14-10-19(4)5/h11-12,17-21,23H,8-10,13-16,30H2,1-7H3/t20-,21-,23-/m0/s1. The Bertz CT molecular complexity index is 945. The summed E-state index contributed by atoms with van der Waals surface area (Å²) >= 11 is 0. The highest BCUT2D eigenvalue weighted by Gasteiger charge is 2.25. The van der Waals surface area contributed by atoms with Gasteiger partial charge in [-0.25, -0.2) is 4.79 Å². The number of hydrogen-bond donors (Lipinski definition) is 1. The third-order valence-electron chi connectivity index (χ3n) is 5.73. The summed E-state index contributed by atoms with van der Waals surface area (Å²) in [5.41, 5.74) is 6.66. The second kappa shape index (κ2) is 17.4. The van der Waals surface area contributed by atoms with E-state index in [9.17, 15) is 19.2 Å². The zero-order chi connectivity index (χ0) is 29.5. The number of rotatable bonds is 16. The molecule has 1 rings (SSSR count). The quantitative estimate of drug-likeness (QED) is 0.217. The fourth-order valence-corrected chi connectivity index (χ4v) is 3.17. The predicted molar refractivity (Wildman–Crippen MR) is 145 cm³/mol. The molecule has 10 nitrogen and oxygen atoms in total. The largest absolute Gasteiger partial charge is 0.508 e. The van der Waals surface area contributed by atoms with Crippen molar-refractivity contribution >= 4 is 24.1 Å². The van der Waals surface area contributed by atoms with E-state index in [4.69, 9.17) is 29.4 Å². The molecule has 0 bridgehead atoms. The van der Waals surface area contributed by atoms with Crippen LogP contribution in [0, 0.1) is 11.8 Å². The SMILES string of the molecule is CCCOC(=O)O[C@@H](C)[C@H](C)OC(=O)[C@@H](N)Cc1ccc(OC(=O)CCC(C)C)c(OC(=O)CCC(C)C)c1. The molecule has 0 aliphatic heterocycles. The summed E-state index contributed by atoms with van der Waals surface area (Å²) in [5.74, 6) is -0.721. The lowest BCUT2D eigenvalue weighted by Crippen LogP contribution is -2.39. The minimum atomic E-state index is -1.05. The Balaban J connectivity index is 2.90. The lowest BCUT2D eigenvalue weighted by atomic mass is 10.1. The summed E-state index contributed by atoms with van der Waals surface area (Å²) < 4.78 is 26.4. The lowest BCUT2D eigenvalue weighted by molar-refractivity contribution is -0.155. The van der Waals surface area contributed by atoms with Crippen LogP contribution in [0.4, 0.5) is 4.79 Å². The van der Waals surface area contributed by atoms with Gasteiger partial charge in [0.05, 0.1) is 6.61 Å². The summed E-state index contributed by atoms with van der Waals surface area (Å²) in [4.78, 5) is 49.0. The first-order valence-electron chi connectivity index (χ1n) is 13.7. The van der Waals surface area contributed by atoms with Gasteiger partial charge >= 0.3 is 24.1 Å². The van der Waals surface area contributed by atoms with Gasteiger partial charge < -0.3 is 29.4 Å². The molecule has 0 saturated carbocycles. The Morgan fingerprint density at radius 1 is 0.795 bits per heavy atom. The molecule has 0 spiro atoms. The maximum absolute atomic E-state index is 12.6. The van der Waals surface area contributed by atoms with Gasteiger partial charge in [-0.2, -0.15) is 0 Å². The van der Waals surface area contributed by atoms with Crippen molar-refractivity contribution in [1.29, 1.82) is 0 Å². The van der Waals surface area contributed by atoms with Gasteiger partial charge in [-0.3, -0.25) is 14.4 Å². The molecule has 0 aliphatic rings. The highest BCUT2D eigenvalue weighted by Crippen LogP contribution is 2.30. The van der Waals surface area contributed by atoms with Gasteiger partial charge in [0.2, 0.25) is 0 Å². The number of hydrogen-bond acceptors (Lipinski definition) is 10. The van der Waals surface area contributed by atoms with E-state index in [2.05, 4.69) is 0 Å². The van der Waals surface area contributed by atoms with E-state index < -0.39 is 42.3 Å². The van der Waals surface area contributed by atoms with E-state index in [1.165, 1.54) is 12.1 Å². The van der Waals surface area contributed by atoms with Gasteiger partial charge in [0.1, 0.15) is 18.2 Å². The van der Waals surface area contributed by atoms with Gasteiger partial charge in [-0.15, -0.1) is 0 Å². The zero-order valence-corrected chi connectivity index (χ0v) is 24.3. The van der Waals surface area contributed by atoms with Crippen LogP contribution in [0.5, 0.6) is 11.5 Å². The van der Waals surface area contributed by atoms with Gasteiger partial charge in [0, 0.05) is 12.8 Å². The first-order chi connectivity index (χ1) is 18.3. The molecule has 39 heavy (non-hydrogen) atoms. The van der Waals surface area contributed by atoms with Crippen molar-refractivity contribution in [2.45, 2.75) is 105 Å². The average Bonchev–Trinajstić information content (AvgIpc) is 2.86. The summed E-state index contributed by atoms with van der Waals surface area (Å²) in [6.45, 7) is 13.3. The van der Waals surface area contributed by atoms with Crippen LogP contribution in [0.1, 0.15) is 86.1 Å². The monoisotopic (exact) mass is 551 g/mol. The molecular weight excluding hydrogens is 506 g/mol. The number of benzene rings is 1. The molecular formula is C29H45NO9. The Kier molecular flexibility index (Phi) is 15.2. The molecule has 3 atom stereocenters. The van der Waals surface area contributed by atoms with Crippen LogP contribution < -0.4 is 15.2 Å². The van der Waals surface area contributed by atoms with Crippen molar-refractivity contribution in [3.8, 4) is 11.5 Å². The Morgan fingerprint density at radius 2 is 1.33 bits per heavy atom. The van der Waals surface area contributed by atoms with E-state index in [1.807, 2.05) is 34.6 Å². The van der Waals surface area contributed by atoms with Crippen molar-refractivity contribution in [1.82, 2.24) is 0 Å². The Labute approximate surface area is 231 Å². The van der Waals surface area contributed by atoms with Gasteiger partial charge in [0.15, 0.2) is 11.5 Å². The van der Waals surface area contributed by atoms with Crippen molar-refractivity contribution in [2.24, 2.45) is 17.6 Å². The second-order valence-electron chi connectivity index (χ2n) is 10.5. The average molecular weight is 552 g/mol. The molecule has 0 fully saturated rings. The van der Waals surface area contributed by atoms with Crippen LogP contribution in [0.3, 0.4) is 0 Å². The number of ether oxygens (including phenoxy) is 5. The molecule has 10 heteroatoms. The summed E-state index contributed by atoms with van der Waals surface area (Å²) in [6, 6.07) is 3.65. The molecule has 0 aromatic heterocycles. The predicted octanol–water partition coefficient (Wildman–Crippen LogP) is 5.12. The lowest BCUT2D eigenvalue weighted by Gasteiger charge is -2.22. The molecule has 2 N–H and O–H groups in total. The van der Waals surface area contributed by atoms with E-state index >= 15 is 0 Å². The fraction of sp³-hybridized carbons (Fsp3) is 0.655. The van der Waals surface area contributed by atoms with Crippen LogP contribution in [0.15, 0.2) is 18.2 Å². The smallest absolute Gasteiger partial charge is 0.458 e. The topological polar surface area (TPSA) is 140 Å². The normalized spacial score (nSPS) is 13.4. The molecule has 0 amide bonds. The van der Waals surface area contributed by atoms with Crippen LogP contribution in [0.25, 0.3) is 0 Å². The molecule has 1 aromatic carbocycles. The van der Waals surface area contributed by atoms with Gasteiger partial charge in [0.25, 0.3) is 0 Å². The second-order valence-corrected chi connectivity index (χ2v) is 10.5. The van der Waals surface area contributed by atoms with Gasteiger partial charge in [-0.05, 0) is 69.1 Å². The van der Waals surface area contributed by atoms with Crippen molar-refractivity contribution in [3.05, 3.63) is 23.8 Å². The first-order valence-corrected chi connectivity index (χ1v) is 13.7. The molecule has 1 aromatic rings. The molecule has 0 saturated heterocycles. The van der Waals surface area contributed by atoms with E-state index in [0.29, 0.717) is 36.7 Å². The Hall–Kier alpha value is -3.14. The van der Waals surface area contributed by atoms with E-state index in [1.54, 1.807) is 19.9 Å². The fourth-order valence-electron chi connectivity index (χ4n) is 3.17. The molecule has 220 valence electrons. The van der Waals surface area contributed by atoms with Gasteiger partial charge in [-0.1, -0.05) is 40.7 Å². The minimum Gasteiger partial charge on any atom is -0.458 e. The highest BCUT2D eigenvalue weighted by atomic mass is 16.7. The van der Waals surface area contributed by atoms with Crippen molar-refractivity contribution < 1.29 is 42.9 Å². The summed E-state index contributed by atoms with van der Waals surface area (Å²) in [7, 11) is 0. The summed E-state index contributed by atoms with van der Waals surface area (Å²) in [6.07, 6.45) is 0.133. The number of carbonyl (C=O) groups is 4. The zero-order valence-electron chi connectivity index (χ0n) is 24.3. The van der Waals surface area contributed by atoms with E-state index in [0.717, 1.165) is 0 Å². The molecule has 0 aliphatic carbocycles. The number of esters is 3. The van der Waals surface area contributed by atoms with Crippen molar-refractivity contribution in [2.75, 3.05) is 6.61 Å². The maximum atomic E-state index is 12.6. The maximum Gasteiger partial charge on any atom is 0.508 e. The Morgan fingerprint density at radius 3 is 1.87 bits per heavy atom. The third-order valence-corrected chi connectivity index (χ3v) is 5.73. The van der Waals surface area contributed by atoms with Crippen molar-refractivity contribution in [3.63, 3.8) is 0 Å². The number of nitrogens with two attached hydrogens (primary N) is 1. The third kappa shape index (κ3) is 14.0. The van der Waals surface area contributed by atoms with E-state index in [-0.39, 0.29) is 37.4 Å². The number of carbonyl (C=O) groups excluding carboxylic acids is 4.